The number of hydrogen-bond acceptors (Lipinski definition) is 1. The summed E-state index contributed by atoms with van der Waals surface area (Å²) < 4.78 is 5.91. The molecule has 15 heavy (non-hydrogen) atoms. The second kappa shape index (κ2) is 7.21. The molecule has 0 spiro atoms. The molecule has 0 aliphatic heterocycles. The van der Waals surface area contributed by atoms with Gasteiger partial charge >= 0.3 is 0 Å². The van der Waals surface area contributed by atoms with Crippen molar-refractivity contribution in [3.05, 3.63) is 55.6 Å². The molecule has 2 heteroatoms. The maximum absolute atomic E-state index is 5.91. The monoisotopic (exact) mass is 218 g/mol. The largest absolute Gasteiger partial charge is 0.415 e. The molecule has 0 aromatic heterocycles. The Bertz CT molecular complexity index is 285. The van der Waals surface area contributed by atoms with Gasteiger partial charge in [-0.3, -0.25) is 0 Å². The SMILES string of the molecule is C=CCC(CC=C)O[SiH2]c1ccccc1. The predicted molar refractivity (Wildman–Crippen MR) is 69.1 cm³/mol. The van der Waals surface area contributed by atoms with Crippen molar-refractivity contribution in [1.29, 1.82) is 0 Å². The van der Waals surface area contributed by atoms with Crippen LogP contribution in [0.15, 0.2) is 55.6 Å². The van der Waals surface area contributed by atoms with E-state index in [1.54, 1.807) is 0 Å². The molecule has 0 heterocycles. The van der Waals surface area contributed by atoms with Gasteiger partial charge in [-0.2, -0.15) is 0 Å². The summed E-state index contributed by atoms with van der Waals surface area (Å²) in [5, 5.41) is 1.34. The maximum Gasteiger partial charge on any atom is 0.192 e. The highest BCUT2D eigenvalue weighted by Gasteiger charge is 2.04. The molecular weight excluding hydrogens is 200 g/mol. The van der Waals surface area contributed by atoms with Gasteiger partial charge < -0.3 is 4.43 Å². The van der Waals surface area contributed by atoms with Gasteiger partial charge in [-0.25, -0.2) is 0 Å². The molecule has 1 nitrogen and oxygen atoms in total. The van der Waals surface area contributed by atoms with Crippen molar-refractivity contribution in [2.24, 2.45) is 0 Å². The van der Waals surface area contributed by atoms with Gasteiger partial charge in [-0.15, -0.1) is 13.2 Å². The van der Waals surface area contributed by atoms with E-state index >= 15 is 0 Å². The molecule has 0 aliphatic rings. The molecule has 0 unspecified atom stereocenters. The molecule has 80 valence electrons. The highest BCUT2D eigenvalue weighted by atomic mass is 28.2. The third-order valence-corrected chi connectivity index (χ3v) is 3.63. The fourth-order valence-electron chi connectivity index (χ4n) is 1.39. The first kappa shape index (κ1) is 11.9. The summed E-state index contributed by atoms with van der Waals surface area (Å²) in [6, 6.07) is 10.4. The van der Waals surface area contributed by atoms with Crippen LogP contribution in [0.3, 0.4) is 0 Å². The average molecular weight is 218 g/mol. The third kappa shape index (κ3) is 4.77. The van der Waals surface area contributed by atoms with Crippen LogP contribution >= 0.6 is 0 Å². The Hall–Kier alpha value is -1.12. The fourth-order valence-corrected chi connectivity index (χ4v) is 2.56. The van der Waals surface area contributed by atoms with E-state index in [2.05, 4.69) is 37.4 Å². The smallest absolute Gasteiger partial charge is 0.192 e. The second-order valence-electron chi connectivity index (χ2n) is 3.47. The first-order valence-corrected chi connectivity index (χ1v) is 6.52. The summed E-state index contributed by atoms with van der Waals surface area (Å²) in [7, 11) is -0.595. The van der Waals surface area contributed by atoms with Crippen molar-refractivity contribution in [2.75, 3.05) is 0 Å². The molecule has 0 fully saturated rings. The van der Waals surface area contributed by atoms with Crippen molar-refractivity contribution >= 4 is 14.9 Å². The molecular formula is C13H18OSi. The van der Waals surface area contributed by atoms with Gasteiger partial charge in [0.1, 0.15) is 0 Å². The Kier molecular flexibility index (Phi) is 5.74. The lowest BCUT2D eigenvalue weighted by atomic mass is 10.2. The van der Waals surface area contributed by atoms with Crippen molar-refractivity contribution in [3.63, 3.8) is 0 Å². The maximum atomic E-state index is 5.91. The summed E-state index contributed by atoms with van der Waals surface area (Å²) in [6.45, 7) is 7.48. The lowest BCUT2D eigenvalue weighted by Crippen LogP contribution is -2.23. The van der Waals surface area contributed by atoms with Crippen LogP contribution in [-0.4, -0.2) is 15.9 Å². The Morgan fingerprint density at radius 3 is 2.27 bits per heavy atom. The summed E-state index contributed by atoms with van der Waals surface area (Å²) in [5.74, 6) is 0. The predicted octanol–water partition coefficient (Wildman–Crippen LogP) is 1.93. The molecule has 0 amide bonds. The van der Waals surface area contributed by atoms with Crippen LogP contribution in [0.2, 0.25) is 0 Å². The second-order valence-corrected chi connectivity index (χ2v) is 4.91. The minimum Gasteiger partial charge on any atom is -0.415 e. The number of rotatable bonds is 7. The van der Waals surface area contributed by atoms with Crippen molar-refractivity contribution in [1.82, 2.24) is 0 Å². The van der Waals surface area contributed by atoms with Crippen molar-refractivity contribution in [3.8, 4) is 0 Å². The van der Waals surface area contributed by atoms with Crippen LogP contribution in [0.4, 0.5) is 0 Å². The molecule has 0 saturated carbocycles. The van der Waals surface area contributed by atoms with Crippen LogP contribution in [0.5, 0.6) is 0 Å². The van der Waals surface area contributed by atoms with E-state index in [9.17, 15) is 0 Å². The highest BCUT2D eigenvalue weighted by Crippen LogP contribution is 2.04. The average Bonchev–Trinajstić information content (AvgIpc) is 2.28. The summed E-state index contributed by atoms with van der Waals surface area (Å²) in [6.07, 6.45) is 5.91. The van der Waals surface area contributed by atoms with Gasteiger partial charge in [0, 0.05) is 0 Å². The van der Waals surface area contributed by atoms with E-state index in [4.69, 9.17) is 4.43 Å². The van der Waals surface area contributed by atoms with E-state index in [0.717, 1.165) is 12.8 Å². The lowest BCUT2D eigenvalue weighted by Gasteiger charge is -2.14. The highest BCUT2D eigenvalue weighted by molar-refractivity contribution is 6.46. The number of hydrogen-bond donors (Lipinski definition) is 0. The van der Waals surface area contributed by atoms with Gasteiger partial charge in [0.25, 0.3) is 0 Å². The van der Waals surface area contributed by atoms with Gasteiger partial charge in [-0.1, -0.05) is 42.5 Å². The third-order valence-electron chi connectivity index (χ3n) is 2.19. The first-order chi connectivity index (χ1) is 7.36. The molecule has 0 atom stereocenters. The topological polar surface area (TPSA) is 9.23 Å². The van der Waals surface area contributed by atoms with Crippen molar-refractivity contribution in [2.45, 2.75) is 18.9 Å². The summed E-state index contributed by atoms with van der Waals surface area (Å²) >= 11 is 0. The van der Waals surface area contributed by atoms with Gasteiger partial charge in [0.15, 0.2) is 9.76 Å². The number of benzene rings is 1. The van der Waals surface area contributed by atoms with E-state index < -0.39 is 9.76 Å². The van der Waals surface area contributed by atoms with Crippen molar-refractivity contribution < 1.29 is 4.43 Å². The molecule has 0 saturated heterocycles. The molecule has 0 bridgehead atoms. The van der Waals surface area contributed by atoms with Crippen LogP contribution in [0.25, 0.3) is 0 Å². The molecule has 0 aliphatic carbocycles. The van der Waals surface area contributed by atoms with Crippen LogP contribution in [0, 0.1) is 0 Å². The van der Waals surface area contributed by atoms with E-state index in [0.29, 0.717) is 0 Å². The minimum atomic E-state index is -0.595. The standard InChI is InChI=1S/C13H18OSi/c1-3-8-12(9-4-2)14-15-13-10-6-5-7-11-13/h3-7,10-12H,1-2,8-9,15H2. The molecule has 0 radical (unpaired) electrons. The van der Waals surface area contributed by atoms with Crippen LogP contribution < -0.4 is 5.19 Å². The Labute approximate surface area is 94.4 Å². The van der Waals surface area contributed by atoms with E-state index in [1.807, 2.05) is 18.2 Å². The Morgan fingerprint density at radius 1 is 1.13 bits per heavy atom. The lowest BCUT2D eigenvalue weighted by molar-refractivity contribution is 0.223. The normalized spacial score (nSPS) is 11.0. The molecule has 1 aromatic rings. The molecule has 0 N–H and O–H groups in total. The molecule has 1 rings (SSSR count). The van der Waals surface area contributed by atoms with Gasteiger partial charge in [0.2, 0.25) is 0 Å². The minimum absolute atomic E-state index is 0.270. The van der Waals surface area contributed by atoms with Crippen LogP contribution in [0.1, 0.15) is 12.8 Å². The summed E-state index contributed by atoms with van der Waals surface area (Å²) in [4.78, 5) is 0. The summed E-state index contributed by atoms with van der Waals surface area (Å²) in [5.41, 5.74) is 0. The van der Waals surface area contributed by atoms with Gasteiger partial charge in [0.05, 0.1) is 6.10 Å². The zero-order valence-corrected chi connectivity index (χ0v) is 10.5. The van der Waals surface area contributed by atoms with E-state index in [1.165, 1.54) is 5.19 Å². The fraction of sp³-hybridized carbons (Fsp3) is 0.231. The van der Waals surface area contributed by atoms with Crippen LogP contribution in [-0.2, 0) is 4.43 Å². The quantitative estimate of drug-likeness (QED) is 0.502. The zero-order valence-electron chi connectivity index (χ0n) is 9.06. The zero-order chi connectivity index (χ0) is 10.9. The molecule has 1 aromatic carbocycles. The van der Waals surface area contributed by atoms with E-state index in [-0.39, 0.29) is 6.10 Å². The Balaban J connectivity index is 2.39. The first-order valence-electron chi connectivity index (χ1n) is 5.24. The van der Waals surface area contributed by atoms with Gasteiger partial charge in [-0.05, 0) is 18.0 Å². The Morgan fingerprint density at radius 2 is 1.73 bits per heavy atom.